The van der Waals surface area contributed by atoms with Gasteiger partial charge in [0.25, 0.3) is 10.0 Å². The zero-order valence-electron chi connectivity index (χ0n) is 16.6. The van der Waals surface area contributed by atoms with E-state index < -0.39 is 10.0 Å². The van der Waals surface area contributed by atoms with Crippen molar-refractivity contribution in [1.82, 2.24) is 5.32 Å². The Morgan fingerprint density at radius 2 is 1.68 bits per heavy atom. The lowest BCUT2D eigenvalue weighted by Gasteiger charge is -2.11. The topological polar surface area (TPSA) is 84.5 Å². The molecule has 0 unspecified atom stereocenters. The molecule has 1 amide bonds. The summed E-state index contributed by atoms with van der Waals surface area (Å²) in [6.07, 6.45) is 0.162. The maximum atomic E-state index is 12.5. The standard InChI is InChI=1S/C22H20Cl2N2O4S/c1-30-21-5-3-2-4-16(21)14-25-22(27)12-15-6-8-17(9-7-15)26-31(28,29)18-10-11-19(23)20(24)13-18/h2-11,13,26H,12,14H2,1H3,(H,25,27). The monoisotopic (exact) mass is 478 g/mol. The molecule has 0 bridgehead atoms. The summed E-state index contributed by atoms with van der Waals surface area (Å²) >= 11 is 11.7. The Kier molecular flexibility index (Phi) is 7.43. The van der Waals surface area contributed by atoms with Gasteiger partial charge < -0.3 is 10.1 Å². The average Bonchev–Trinajstić information content (AvgIpc) is 2.75. The van der Waals surface area contributed by atoms with E-state index in [0.29, 0.717) is 18.0 Å². The third-order valence-corrected chi connectivity index (χ3v) is 6.56. The first-order valence-electron chi connectivity index (χ1n) is 9.24. The van der Waals surface area contributed by atoms with Crippen molar-refractivity contribution in [2.24, 2.45) is 0 Å². The summed E-state index contributed by atoms with van der Waals surface area (Å²) in [7, 11) is -2.24. The molecular formula is C22H20Cl2N2O4S. The van der Waals surface area contributed by atoms with E-state index in [-0.39, 0.29) is 27.3 Å². The molecule has 31 heavy (non-hydrogen) atoms. The van der Waals surface area contributed by atoms with Crippen molar-refractivity contribution in [3.05, 3.63) is 87.9 Å². The SMILES string of the molecule is COc1ccccc1CNC(=O)Cc1ccc(NS(=O)(=O)c2ccc(Cl)c(Cl)c2)cc1. The number of sulfonamides is 1. The quantitative estimate of drug-likeness (QED) is 0.492. The van der Waals surface area contributed by atoms with Gasteiger partial charge in [-0.25, -0.2) is 8.42 Å². The van der Waals surface area contributed by atoms with Gasteiger partial charge in [0, 0.05) is 17.8 Å². The molecule has 3 rings (SSSR count). The number of carbonyl (C=O) groups is 1. The first kappa shape index (κ1) is 22.9. The van der Waals surface area contributed by atoms with Crippen LogP contribution in [0.4, 0.5) is 5.69 Å². The Morgan fingerprint density at radius 1 is 0.968 bits per heavy atom. The van der Waals surface area contributed by atoms with Crippen molar-refractivity contribution in [1.29, 1.82) is 0 Å². The fourth-order valence-corrected chi connectivity index (χ4v) is 4.29. The molecule has 0 aliphatic rings. The van der Waals surface area contributed by atoms with E-state index in [1.54, 1.807) is 31.4 Å². The molecule has 9 heteroatoms. The fraction of sp³-hybridized carbons (Fsp3) is 0.136. The predicted molar refractivity (Wildman–Crippen MR) is 122 cm³/mol. The third kappa shape index (κ3) is 6.13. The van der Waals surface area contributed by atoms with E-state index in [4.69, 9.17) is 27.9 Å². The van der Waals surface area contributed by atoms with Crippen molar-refractivity contribution in [3.63, 3.8) is 0 Å². The molecule has 162 valence electrons. The second-order valence-corrected chi connectivity index (χ2v) is 9.14. The average molecular weight is 479 g/mol. The van der Waals surface area contributed by atoms with Gasteiger partial charge in [-0.15, -0.1) is 0 Å². The molecule has 0 saturated carbocycles. The first-order valence-corrected chi connectivity index (χ1v) is 11.5. The minimum Gasteiger partial charge on any atom is -0.496 e. The van der Waals surface area contributed by atoms with Crippen LogP contribution in [0, 0.1) is 0 Å². The van der Waals surface area contributed by atoms with Crippen molar-refractivity contribution >= 4 is 44.8 Å². The van der Waals surface area contributed by atoms with Gasteiger partial charge in [-0.2, -0.15) is 0 Å². The summed E-state index contributed by atoms with van der Waals surface area (Å²) in [5.74, 6) is 0.552. The van der Waals surface area contributed by atoms with Crippen LogP contribution in [0.25, 0.3) is 0 Å². The Hall–Kier alpha value is -2.74. The summed E-state index contributed by atoms with van der Waals surface area (Å²) in [6, 6.07) is 18.1. The van der Waals surface area contributed by atoms with E-state index in [2.05, 4.69) is 10.0 Å². The molecule has 0 fully saturated rings. The second-order valence-electron chi connectivity index (χ2n) is 6.64. The van der Waals surface area contributed by atoms with Crippen molar-refractivity contribution in [2.75, 3.05) is 11.8 Å². The molecular weight excluding hydrogens is 459 g/mol. The number of benzene rings is 3. The highest BCUT2D eigenvalue weighted by Crippen LogP contribution is 2.26. The number of rotatable bonds is 8. The van der Waals surface area contributed by atoms with Gasteiger partial charge in [0.05, 0.1) is 28.5 Å². The summed E-state index contributed by atoms with van der Waals surface area (Å²) in [4.78, 5) is 12.3. The van der Waals surface area contributed by atoms with Gasteiger partial charge in [0.2, 0.25) is 5.91 Å². The van der Waals surface area contributed by atoms with Crippen LogP contribution in [0.2, 0.25) is 10.0 Å². The van der Waals surface area contributed by atoms with E-state index in [1.807, 2.05) is 24.3 Å². The van der Waals surface area contributed by atoms with Gasteiger partial charge in [-0.05, 0) is 42.0 Å². The highest BCUT2D eigenvalue weighted by atomic mass is 35.5. The van der Waals surface area contributed by atoms with E-state index in [1.165, 1.54) is 18.2 Å². The molecule has 3 aromatic carbocycles. The molecule has 0 spiro atoms. The lowest BCUT2D eigenvalue weighted by molar-refractivity contribution is -0.120. The first-order chi connectivity index (χ1) is 14.8. The molecule has 3 aromatic rings. The van der Waals surface area contributed by atoms with Gasteiger partial charge >= 0.3 is 0 Å². The van der Waals surface area contributed by atoms with Crippen molar-refractivity contribution in [3.8, 4) is 5.75 Å². The zero-order chi connectivity index (χ0) is 22.4. The number of amides is 1. The summed E-state index contributed by atoms with van der Waals surface area (Å²) in [6.45, 7) is 0.352. The normalized spacial score (nSPS) is 11.1. The summed E-state index contributed by atoms with van der Waals surface area (Å²) in [5, 5.41) is 3.28. The fourth-order valence-electron chi connectivity index (χ4n) is 2.84. The number of hydrogen-bond donors (Lipinski definition) is 2. The molecule has 0 atom stereocenters. The number of nitrogens with one attached hydrogen (secondary N) is 2. The Bertz CT molecular complexity index is 1180. The summed E-state index contributed by atoms with van der Waals surface area (Å²) in [5.41, 5.74) is 1.99. The van der Waals surface area contributed by atoms with Crippen LogP contribution in [0.5, 0.6) is 5.75 Å². The van der Waals surface area contributed by atoms with Crippen molar-refractivity contribution < 1.29 is 17.9 Å². The molecule has 2 N–H and O–H groups in total. The van der Waals surface area contributed by atoms with Crippen LogP contribution in [-0.4, -0.2) is 21.4 Å². The van der Waals surface area contributed by atoms with Crippen LogP contribution < -0.4 is 14.8 Å². The number of ether oxygens (including phenoxy) is 1. The molecule has 0 heterocycles. The Morgan fingerprint density at radius 3 is 2.35 bits per heavy atom. The maximum absolute atomic E-state index is 12.5. The Balaban J connectivity index is 1.59. The number of carbonyl (C=O) groups excluding carboxylic acids is 1. The second kappa shape index (κ2) is 10.0. The number of anilines is 1. The van der Waals surface area contributed by atoms with Crippen LogP contribution in [0.3, 0.4) is 0 Å². The third-order valence-electron chi connectivity index (χ3n) is 4.44. The Labute approximate surface area is 191 Å². The molecule has 0 radical (unpaired) electrons. The van der Waals surface area contributed by atoms with Crippen LogP contribution in [-0.2, 0) is 27.8 Å². The minimum absolute atomic E-state index is 0.00157. The number of methoxy groups -OCH3 is 1. The maximum Gasteiger partial charge on any atom is 0.261 e. The lowest BCUT2D eigenvalue weighted by atomic mass is 10.1. The van der Waals surface area contributed by atoms with Gasteiger partial charge in [0.1, 0.15) is 5.75 Å². The highest BCUT2D eigenvalue weighted by Gasteiger charge is 2.16. The van der Waals surface area contributed by atoms with E-state index in [9.17, 15) is 13.2 Å². The van der Waals surface area contributed by atoms with Gasteiger partial charge in [-0.1, -0.05) is 53.5 Å². The van der Waals surface area contributed by atoms with E-state index in [0.717, 1.165) is 11.1 Å². The number of para-hydroxylation sites is 1. The molecule has 0 saturated heterocycles. The summed E-state index contributed by atoms with van der Waals surface area (Å²) < 4.78 is 32.8. The number of halogens is 2. The van der Waals surface area contributed by atoms with Crippen LogP contribution in [0.15, 0.2) is 71.6 Å². The van der Waals surface area contributed by atoms with Gasteiger partial charge in [0.15, 0.2) is 0 Å². The molecule has 6 nitrogen and oxygen atoms in total. The van der Waals surface area contributed by atoms with E-state index >= 15 is 0 Å². The van der Waals surface area contributed by atoms with Crippen LogP contribution >= 0.6 is 23.2 Å². The smallest absolute Gasteiger partial charge is 0.261 e. The van der Waals surface area contributed by atoms with Crippen molar-refractivity contribution in [2.45, 2.75) is 17.9 Å². The predicted octanol–water partition coefficient (Wildman–Crippen LogP) is 4.66. The molecule has 0 aromatic heterocycles. The largest absolute Gasteiger partial charge is 0.496 e. The number of hydrogen-bond acceptors (Lipinski definition) is 4. The van der Waals surface area contributed by atoms with Crippen LogP contribution in [0.1, 0.15) is 11.1 Å². The molecule has 0 aliphatic heterocycles. The lowest BCUT2D eigenvalue weighted by Crippen LogP contribution is -2.24. The zero-order valence-corrected chi connectivity index (χ0v) is 18.9. The molecule has 0 aliphatic carbocycles. The van der Waals surface area contributed by atoms with Gasteiger partial charge in [-0.3, -0.25) is 9.52 Å². The highest BCUT2D eigenvalue weighted by molar-refractivity contribution is 7.92. The minimum atomic E-state index is -3.82.